The zero-order valence-electron chi connectivity index (χ0n) is 20.8. The Morgan fingerprint density at radius 3 is 2.17 bits per heavy atom. The molecule has 1 aliphatic heterocycles. The van der Waals surface area contributed by atoms with Gasteiger partial charge in [-0.15, -0.1) is 0 Å². The number of aromatic nitrogens is 2. The highest BCUT2D eigenvalue weighted by Crippen LogP contribution is 2.42. The predicted octanol–water partition coefficient (Wildman–Crippen LogP) is 8.76. The SMILES string of the molecule is O=[N+]([O-])c1ccc(N2N=C(c3ccc(Cl)cc3)CC2c2cn(-c3ccccc3)nc2-c2ccc(Cl)c(Cl)c2)cc1. The summed E-state index contributed by atoms with van der Waals surface area (Å²) in [5.41, 5.74) is 5.86. The van der Waals surface area contributed by atoms with Gasteiger partial charge in [0.15, 0.2) is 0 Å². The van der Waals surface area contributed by atoms with Crippen LogP contribution in [0.15, 0.2) is 108 Å². The smallest absolute Gasteiger partial charge is 0.258 e. The first-order valence-electron chi connectivity index (χ1n) is 12.3. The van der Waals surface area contributed by atoms with Crippen molar-refractivity contribution in [3.63, 3.8) is 0 Å². The molecule has 1 aromatic heterocycles. The van der Waals surface area contributed by atoms with Crippen LogP contribution in [-0.4, -0.2) is 20.4 Å². The third kappa shape index (κ3) is 5.07. The van der Waals surface area contributed by atoms with Crippen molar-refractivity contribution in [2.75, 3.05) is 5.01 Å². The number of anilines is 1. The zero-order valence-corrected chi connectivity index (χ0v) is 23.1. The Morgan fingerprint density at radius 2 is 1.50 bits per heavy atom. The van der Waals surface area contributed by atoms with E-state index in [-0.39, 0.29) is 11.7 Å². The lowest BCUT2D eigenvalue weighted by molar-refractivity contribution is -0.384. The molecule has 1 unspecified atom stereocenters. The number of nitro benzene ring substituents is 1. The monoisotopic (exact) mass is 587 g/mol. The number of rotatable bonds is 6. The fourth-order valence-electron chi connectivity index (χ4n) is 4.75. The summed E-state index contributed by atoms with van der Waals surface area (Å²) in [4.78, 5) is 10.9. The third-order valence-corrected chi connectivity index (χ3v) is 7.72. The molecule has 0 spiro atoms. The van der Waals surface area contributed by atoms with E-state index < -0.39 is 4.92 Å². The first-order valence-corrected chi connectivity index (χ1v) is 13.5. The molecule has 40 heavy (non-hydrogen) atoms. The van der Waals surface area contributed by atoms with Crippen molar-refractivity contribution >= 4 is 51.9 Å². The van der Waals surface area contributed by atoms with Gasteiger partial charge in [0, 0.05) is 40.9 Å². The number of nitro groups is 1. The van der Waals surface area contributed by atoms with Crippen LogP contribution in [0, 0.1) is 10.1 Å². The van der Waals surface area contributed by atoms with E-state index in [1.54, 1.807) is 24.3 Å². The number of hydrogen-bond donors (Lipinski definition) is 0. The summed E-state index contributed by atoms with van der Waals surface area (Å²) in [7, 11) is 0. The van der Waals surface area contributed by atoms with E-state index in [1.165, 1.54) is 12.1 Å². The van der Waals surface area contributed by atoms with Crippen LogP contribution in [0.5, 0.6) is 0 Å². The zero-order chi connectivity index (χ0) is 27.8. The number of non-ortho nitro benzene ring substituents is 1. The molecule has 7 nitrogen and oxygen atoms in total. The Morgan fingerprint density at radius 1 is 0.800 bits per heavy atom. The molecule has 0 aliphatic carbocycles. The van der Waals surface area contributed by atoms with Crippen LogP contribution in [0.1, 0.15) is 23.6 Å². The van der Waals surface area contributed by atoms with Crippen LogP contribution in [0.2, 0.25) is 15.1 Å². The number of hydrogen-bond acceptors (Lipinski definition) is 5. The van der Waals surface area contributed by atoms with E-state index in [9.17, 15) is 10.1 Å². The molecule has 1 aliphatic rings. The van der Waals surface area contributed by atoms with E-state index in [2.05, 4.69) is 0 Å². The minimum Gasteiger partial charge on any atom is -0.258 e. The van der Waals surface area contributed by atoms with Crippen LogP contribution in [-0.2, 0) is 0 Å². The van der Waals surface area contributed by atoms with Crippen molar-refractivity contribution in [1.29, 1.82) is 0 Å². The van der Waals surface area contributed by atoms with Crippen molar-refractivity contribution < 1.29 is 4.92 Å². The molecule has 0 saturated heterocycles. The molecule has 0 amide bonds. The molecular formula is C30H20Cl3N5O2. The minimum atomic E-state index is -0.417. The molecule has 0 N–H and O–H groups in total. The van der Waals surface area contributed by atoms with Crippen molar-refractivity contribution in [2.45, 2.75) is 12.5 Å². The molecule has 6 rings (SSSR count). The summed E-state index contributed by atoms with van der Waals surface area (Å²) < 4.78 is 1.83. The topological polar surface area (TPSA) is 76.6 Å². The van der Waals surface area contributed by atoms with Crippen LogP contribution in [0.25, 0.3) is 16.9 Å². The van der Waals surface area contributed by atoms with Crippen molar-refractivity contribution in [1.82, 2.24) is 9.78 Å². The molecule has 10 heteroatoms. The maximum absolute atomic E-state index is 11.3. The van der Waals surface area contributed by atoms with Crippen LogP contribution >= 0.6 is 34.8 Å². The first-order chi connectivity index (χ1) is 19.4. The van der Waals surface area contributed by atoms with Gasteiger partial charge in [-0.3, -0.25) is 15.1 Å². The lowest BCUT2D eigenvalue weighted by Gasteiger charge is -2.23. The standard InChI is InChI=1S/C30H20Cl3N5O2/c31-21-9-6-19(7-10-21)28-17-29(37(34-28)23-11-13-24(14-12-23)38(39)40)25-18-36(22-4-2-1-3-5-22)35-30(25)20-8-15-26(32)27(33)16-20/h1-16,18,29H,17H2. The molecule has 0 fully saturated rings. The average Bonchev–Trinajstić information content (AvgIpc) is 3.61. The predicted molar refractivity (Wildman–Crippen MR) is 160 cm³/mol. The van der Waals surface area contributed by atoms with Crippen molar-refractivity contribution in [2.24, 2.45) is 5.10 Å². The Balaban J connectivity index is 1.50. The normalized spacial score (nSPS) is 14.8. The van der Waals surface area contributed by atoms with Gasteiger partial charge in [0.2, 0.25) is 0 Å². The summed E-state index contributed by atoms with van der Waals surface area (Å²) in [5, 5.41) is 24.7. The lowest BCUT2D eigenvalue weighted by atomic mass is 9.96. The van der Waals surface area contributed by atoms with Crippen LogP contribution in [0.4, 0.5) is 11.4 Å². The fourth-order valence-corrected chi connectivity index (χ4v) is 5.17. The molecular weight excluding hydrogens is 569 g/mol. The molecule has 5 aromatic rings. The molecule has 0 bridgehead atoms. The highest BCUT2D eigenvalue weighted by molar-refractivity contribution is 6.42. The molecule has 2 heterocycles. The van der Waals surface area contributed by atoms with Crippen LogP contribution < -0.4 is 5.01 Å². The van der Waals surface area contributed by atoms with Gasteiger partial charge in [-0.2, -0.15) is 10.2 Å². The van der Waals surface area contributed by atoms with Gasteiger partial charge >= 0.3 is 0 Å². The maximum Gasteiger partial charge on any atom is 0.269 e. The molecule has 198 valence electrons. The number of halogens is 3. The van der Waals surface area contributed by atoms with Gasteiger partial charge in [-0.05, 0) is 54.1 Å². The number of para-hydroxylation sites is 1. The number of hydrazone groups is 1. The second kappa shape index (κ2) is 10.8. The summed E-state index contributed by atoms with van der Waals surface area (Å²) in [5.74, 6) is 0. The van der Waals surface area contributed by atoms with Crippen LogP contribution in [0.3, 0.4) is 0 Å². The van der Waals surface area contributed by atoms with E-state index >= 15 is 0 Å². The summed E-state index contributed by atoms with van der Waals surface area (Å²) in [6.45, 7) is 0. The number of nitrogens with zero attached hydrogens (tertiary/aromatic N) is 5. The molecule has 1 atom stereocenters. The lowest BCUT2D eigenvalue weighted by Crippen LogP contribution is -2.18. The van der Waals surface area contributed by atoms with Crippen molar-refractivity contribution in [3.05, 3.63) is 140 Å². The fraction of sp³-hybridized carbons (Fsp3) is 0.0667. The van der Waals surface area contributed by atoms with Gasteiger partial charge < -0.3 is 0 Å². The van der Waals surface area contributed by atoms with Gasteiger partial charge in [0.1, 0.15) is 0 Å². The summed E-state index contributed by atoms with van der Waals surface area (Å²) >= 11 is 18.8. The van der Waals surface area contributed by atoms with E-state index in [0.29, 0.717) is 27.2 Å². The van der Waals surface area contributed by atoms with Gasteiger partial charge in [0.05, 0.1) is 43.8 Å². The highest BCUT2D eigenvalue weighted by Gasteiger charge is 2.34. The second-order valence-electron chi connectivity index (χ2n) is 9.23. The van der Waals surface area contributed by atoms with Gasteiger partial charge in [-0.1, -0.05) is 71.2 Å². The maximum atomic E-state index is 11.3. The van der Waals surface area contributed by atoms with E-state index in [0.717, 1.165) is 33.8 Å². The quantitative estimate of drug-likeness (QED) is 0.147. The van der Waals surface area contributed by atoms with Gasteiger partial charge in [-0.25, -0.2) is 4.68 Å². The molecule has 0 radical (unpaired) electrons. The Hall–Kier alpha value is -4.17. The van der Waals surface area contributed by atoms with E-state index in [4.69, 9.17) is 45.0 Å². The Bertz CT molecular complexity index is 1740. The molecule has 4 aromatic carbocycles. The average molecular weight is 589 g/mol. The minimum absolute atomic E-state index is 0.00907. The third-order valence-electron chi connectivity index (χ3n) is 6.73. The second-order valence-corrected chi connectivity index (χ2v) is 10.5. The Labute approximate surface area is 245 Å². The number of benzene rings is 4. The first kappa shape index (κ1) is 26.1. The highest BCUT2D eigenvalue weighted by atomic mass is 35.5. The Kier molecular flexibility index (Phi) is 7.02. The largest absolute Gasteiger partial charge is 0.269 e. The van der Waals surface area contributed by atoms with Crippen molar-refractivity contribution in [3.8, 4) is 16.9 Å². The van der Waals surface area contributed by atoms with Gasteiger partial charge in [0.25, 0.3) is 5.69 Å². The summed E-state index contributed by atoms with van der Waals surface area (Å²) in [6, 6.07) is 28.9. The van der Waals surface area contributed by atoms with E-state index in [1.807, 2.05) is 76.6 Å². The molecule has 0 saturated carbocycles. The summed E-state index contributed by atoms with van der Waals surface area (Å²) in [6.07, 6.45) is 2.56.